The number of imidazole rings is 1. The first-order valence-corrected chi connectivity index (χ1v) is 8.36. The standard InChI is InChI=1S/C15H17BrClFN2/c1-9-4-2-3-5-13(9)20-14-7-11(18)10(16)6-12(14)19-15(20)8-17/h6-7,9,13H,2-5,8H2,1H3. The zero-order valence-corrected chi connectivity index (χ0v) is 13.7. The number of fused-ring (bicyclic) bond motifs is 1. The molecule has 0 aliphatic heterocycles. The van der Waals surface area contributed by atoms with Crippen molar-refractivity contribution in [2.75, 3.05) is 0 Å². The van der Waals surface area contributed by atoms with E-state index in [1.54, 1.807) is 12.1 Å². The highest BCUT2D eigenvalue weighted by Gasteiger charge is 2.27. The second kappa shape index (κ2) is 5.64. The lowest BCUT2D eigenvalue weighted by molar-refractivity contribution is 0.258. The van der Waals surface area contributed by atoms with Gasteiger partial charge in [0.2, 0.25) is 0 Å². The van der Waals surface area contributed by atoms with Crippen LogP contribution in [-0.4, -0.2) is 9.55 Å². The Hall–Kier alpha value is -0.610. The molecule has 1 aromatic heterocycles. The summed E-state index contributed by atoms with van der Waals surface area (Å²) in [5.74, 6) is 1.54. The molecule has 1 heterocycles. The molecule has 1 aliphatic rings. The van der Waals surface area contributed by atoms with Crippen LogP contribution in [0.1, 0.15) is 44.5 Å². The maximum atomic E-state index is 13.9. The van der Waals surface area contributed by atoms with E-state index in [2.05, 4.69) is 32.4 Å². The first-order valence-electron chi connectivity index (χ1n) is 7.03. The Morgan fingerprint density at radius 2 is 2.15 bits per heavy atom. The number of alkyl halides is 1. The molecule has 108 valence electrons. The number of rotatable bonds is 2. The molecule has 1 aromatic carbocycles. The Balaban J connectivity index is 2.19. The minimum absolute atomic E-state index is 0.247. The van der Waals surface area contributed by atoms with Gasteiger partial charge in [0.15, 0.2) is 0 Å². The largest absolute Gasteiger partial charge is 0.323 e. The van der Waals surface area contributed by atoms with Gasteiger partial charge in [0, 0.05) is 12.1 Å². The Morgan fingerprint density at radius 1 is 1.40 bits per heavy atom. The fourth-order valence-electron chi connectivity index (χ4n) is 3.28. The van der Waals surface area contributed by atoms with Crippen molar-refractivity contribution in [1.82, 2.24) is 9.55 Å². The van der Waals surface area contributed by atoms with Crippen molar-refractivity contribution in [2.45, 2.75) is 44.5 Å². The van der Waals surface area contributed by atoms with Crippen LogP contribution in [-0.2, 0) is 5.88 Å². The first kappa shape index (κ1) is 14.3. The predicted molar refractivity (Wildman–Crippen MR) is 83.6 cm³/mol. The molecule has 2 nitrogen and oxygen atoms in total. The van der Waals surface area contributed by atoms with Crippen LogP contribution in [0.2, 0.25) is 0 Å². The number of aromatic nitrogens is 2. The Kier molecular flexibility index (Phi) is 4.04. The molecule has 0 bridgehead atoms. The zero-order valence-electron chi connectivity index (χ0n) is 11.4. The summed E-state index contributed by atoms with van der Waals surface area (Å²) in [6.07, 6.45) is 4.83. The number of halogens is 3. The van der Waals surface area contributed by atoms with Gasteiger partial charge in [0.25, 0.3) is 0 Å². The number of hydrogen-bond acceptors (Lipinski definition) is 1. The molecular formula is C15H17BrClFN2. The van der Waals surface area contributed by atoms with E-state index in [1.165, 1.54) is 19.3 Å². The van der Waals surface area contributed by atoms with E-state index in [-0.39, 0.29) is 5.82 Å². The van der Waals surface area contributed by atoms with Crippen molar-refractivity contribution >= 4 is 38.6 Å². The van der Waals surface area contributed by atoms with Gasteiger partial charge in [-0.05, 0) is 40.8 Å². The molecule has 0 amide bonds. The fraction of sp³-hybridized carbons (Fsp3) is 0.533. The van der Waals surface area contributed by atoms with Crippen LogP contribution in [0.5, 0.6) is 0 Å². The molecule has 0 N–H and O–H groups in total. The van der Waals surface area contributed by atoms with Crippen molar-refractivity contribution in [3.05, 3.63) is 28.2 Å². The van der Waals surface area contributed by atoms with Crippen molar-refractivity contribution in [1.29, 1.82) is 0 Å². The van der Waals surface area contributed by atoms with Gasteiger partial charge in [-0.25, -0.2) is 9.37 Å². The van der Waals surface area contributed by atoms with E-state index >= 15 is 0 Å². The Morgan fingerprint density at radius 3 is 2.85 bits per heavy atom. The molecule has 1 aliphatic carbocycles. The van der Waals surface area contributed by atoms with Crippen LogP contribution in [0.4, 0.5) is 4.39 Å². The lowest BCUT2D eigenvalue weighted by Gasteiger charge is -2.31. The molecule has 1 saturated carbocycles. The lowest BCUT2D eigenvalue weighted by atomic mass is 9.85. The average Bonchev–Trinajstić information content (AvgIpc) is 2.77. The van der Waals surface area contributed by atoms with Crippen LogP contribution >= 0.6 is 27.5 Å². The number of benzene rings is 1. The Bertz CT molecular complexity index is 640. The summed E-state index contributed by atoms with van der Waals surface area (Å²) in [6, 6.07) is 3.69. The van der Waals surface area contributed by atoms with Crippen molar-refractivity contribution < 1.29 is 4.39 Å². The molecule has 1 fully saturated rings. The van der Waals surface area contributed by atoms with Crippen LogP contribution in [0.3, 0.4) is 0 Å². The van der Waals surface area contributed by atoms with Gasteiger partial charge in [-0.3, -0.25) is 0 Å². The minimum atomic E-state index is -0.247. The monoisotopic (exact) mass is 358 g/mol. The maximum Gasteiger partial charge on any atom is 0.139 e. The number of nitrogens with zero attached hydrogens (tertiary/aromatic N) is 2. The average molecular weight is 360 g/mol. The van der Waals surface area contributed by atoms with Gasteiger partial charge in [0.1, 0.15) is 11.6 Å². The van der Waals surface area contributed by atoms with Gasteiger partial charge in [-0.15, -0.1) is 11.6 Å². The number of hydrogen-bond donors (Lipinski definition) is 0. The third kappa shape index (κ3) is 2.37. The molecular weight excluding hydrogens is 343 g/mol. The van der Waals surface area contributed by atoms with Gasteiger partial charge in [-0.1, -0.05) is 19.8 Å². The van der Waals surface area contributed by atoms with Crippen molar-refractivity contribution in [3.63, 3.8) is 0 Å². The molecule has 0 spiro atoms. The zero-order chi connectivity index (χ0) is 14.3. The fourth-order valence-corrected chi connectivity index (χ4v) is 3.80. The van der Waals surface area contributed by atoms with E-state index < -0.39 is 0 Å². The summed E-state index contributed by atoms with van der Waals surface area (Å²) < 4.78 is 16.5. The van der Waals surface area contributed by atoms with Gasteiger partial charge >= 0.3 is 0 Å². The van der Waals surface area contributed by atoms with Gasteiger partial charge in [0.05, 0.1) is 21.4 Å². The molecule has 3 rings (SSSR count). The smallest absolute Gasteiger partial charge is 0.139 e. The van der Waals surface area contributed by atoms with Crippen LogP contribution < -0.4 is 0 Å². The quantitative estimate of drug-likeness (QED) is 0.654. The Labute approximate surface area is 131 Å². The molecule has 2 aromatic rings. The van der Waals surface area contributed by atoms with Crippen LogP contribution in [0.15, 0.2) is 16.6 Å². The summed E-state index contributed by atoms with van der Waals surface area (Å²) in [7, 11) is 0. The third-order valence-electron chi connectivity index (χ3n) is 4.32. The third-order valence-corrected chi connectivity index (χ3v) is 5.17. The summed E-state index contributed by atoms with van der Waals surface area (Å²) in [4.78, 5) is 4.58. The van der Waals surface area contributed by atoms with Crippen molar-refractivity contribution in [2.24, 2.45) is 5.92 Å². The SMILES string of the molecule is CC1CCCCC1n1c(CCl)nc2cc(Br)c(F)cc21. The van der Waals surface area contributed by atoms with E-state index in [0.717, 1.165) is 23.3 Å². The van der Waals surface area contributed by atoms with Crippen LogP contribution in [0.25, 0.3) is 11.0 Å². The van der Waals surface area contributed by atoms with Gasteiger partial charge < -0.3 is 4.57 Å². The summed E-state index contributed by atoms with van der Waals surface area (Å²) in [6.45, 7) is 2.27. The van der Waals surface area contributed by atoms with Crippen LogP contribution in [0, 0.1) is 11.7 Å². The molecule has 2 atom stereocenters. The van der Waals surface area contributed by atoms with Crippen molar-refractivity contribution in [3.8, 4) is 0 Å². The van der Waals surface area contributed by atoms with E-state index in [9.17, 15) is 4.39 Å². The predicted octanol–water partition coefficient (Wildman–Crippen LogP) is 5.43. The topological polar surface area (TPSA) is 17.8 Å². The summed E-state index contributed by atoms with van der Waals surface area (Å²) in [5, 5.41) is 0. The van der Waals surface area contributed by atoms with E-state index in [0.29, 0.717) is 22.3 Å². The van der Waals surface area contributed by atoms with E-state index in [1.807, 2.05) is 0 Å². The molecule has 0 radical (unpaired) electrons. The summed E-state index contributed by atoms with van der Waals surface area (Å²) >= 11 is 9.28. The summed E-state index contributed by atoms with van der Waals surface area (Å²) in [5.41, 5.74) is 1.67. The lowest BCUT2D eigenvalue weighted by Crippen LogP contribution is -2.22. The highest BCUT2D eigenvalue weighted by Crippen LogP contribution is 2.37. The normalized spacial score (nSPS) is 23.4. The second-order valence-electron chi connectivity index (χ2n) is 5.62. The molecule has 2 unspecified atom stereocenters. The molecule has 5 heteroatoms. The molecule has 0 saturated heterocycles. The second-order valence-corrected chi connectivity index (χ2v) is 6.74. The first-order chi connectivity index (χ1) is 9.61. The highest BCUT2D eigenvalue weighted by atomic mass is 79.9. The maximum absolute atomic E-state index is 13.9. The highest BCUT2D eigenvalue weighted by molar-refractivity contribution is 9.10. The minimum Gasteiger partial charge on any atom is -0.323 e. The van der Waals surface area contributed by atoms with E-state index in [4.69, 9.17) is 11.6 Å². The molecule has 20 heavy (non-hydrogen) atoms. The van der Waals surface area contributed by atoms with Gasteiger partial charge in [-0.2, -0.15) is 0 Å².